The molecule has 2 aromatic carbocycles. The molecule has 0 aliphatic carbocycles. The number of benzene rings is 2. The number of nitrogens with one attached hydrogen (secondary N) is 2. The van der Waals surface area contributed by atoms with Gasteiger partial charge in [0, 0.05) is 31.7 Å². The summed E-state index contributed by atoms with van der Waals surface area (Å²) in [6.07, 6.45) is -4.45. The molecule has 0 saturated carbocycles. The molecule has 178 valence electrons. The minimum Gasteiger partial charge on any atom is -0.475 e. The van der Waals surface area contributed by atoms with Crippen molar-refractivity contribution < 1.29 is 35.9 Å². The van der Waals surface area contributed by atoms with Gasteiger partial charge in [-0.3, -0.25) is 4.98 Å². The molecule has 1 fully saturated rings. The van der Waals surface area contributed by atoms with E-state index in [4.69, 9.17) is 14.3 Å². The third kappa shape index (κ3) is 6.00. The van der Waals surface area contributed by atoms with Crippen LogP contribution in [0.4, 0.5) is 13.2 Å². The van der Waals surface area contributed by atoms with Gasteiger partial charge in [-0.15, -0.1) is 0 Å². The van der Waals surface area contributed by atoms with Crippen molar-refractivity contribution in [1.29, 1.82) is 0 Å². The van der Waals surface area contributed by atoms with Crippen LogP contribution in [-0.4, -0.2) is 60.6 Å². The maximum atomic E-state index is 13.2. The summed E-state index contributed by atoms with van der Waals surface area (Å²) < 4.78 is 64.7. The molecule has 1 atom stereocenters. The number of carboxylic acids is 1. The molecule has 2 heterocycles. The molecule has 1 aliphatic rings. The first kappa shape index (κ1) is 24.5. The molecule has 1 aliphatic heterocycles. The monoisotopic (exact) mass is 487 g/mol. The summed E-state index contributed by atoms with van der Waals surface area (Å²) in [4.78, 5) is 22.9. The second-order valence-electron chi connectivity index (χ2n) is 7.14. The van der Waals surface area contributed by atoms with Gasteiger partial charge in [-0.05, 0) is 24.1 Å². The van der Waals surface area contributed by atoms with E-state index in [1.54, 1.807) is 10.4 Å². The molecule has 1 aromatic heterocycles. The first-order valence-electron chi connectivity index (χ1n) is 9.68. The Morgan fingerprint density at radius 3 is 2.48 bits per heavy atom. The lowest BCUT2D eigenvalue weighted by Gasteiger charge is -2.35. The molecule has 0 amide bonds. The van der Waals surface area contributed by atoms with Gasteiger partial charge in [0.05, 0.1) is 10.4 Å². The smallest absolute Gasteiger partial charge is 0.475 e. The van der Waals surface area contributed by atoms with Crippen molar-refractivity contribution in [3.63, 3.8) is 0 Å². The van der Waals surface area contributed by atoms with Gasteiger partial charge in [-0.25, -0.2) is 18.0 Å². The lowest BCUT2D eigenvalue weighted by atomic mass is 10.1. The number of piperazine rings is 1. The average Bonchev–Trinajstić information content (AvgIpc) is 3.14. The molecule has 0 spiro atoms. The highest BCUT2D eigenvalue weighted by atomic mass is 32.2. The van der Waals surface area contributed by atoms with Crippen molar-refractivity contribution in [2.24, 2.45) is 0 Å². The molecule has 0 bridgehead atoms. The summed E-state index contributed by atoms with van der Waals surface area (Å²) in [6.45, 7) is 1.59. The van der Waals surface area contributed by atoms with Gasteiger partial charge in [-0.2, -0.15) is 17.5 Å². The second kappa shape index (κ2) is 9.77. The predicted molar refractivity (Wildman–Crippen MR) is 111 cm³/mol. The van der Waals surface area contributed by atoms with Gasteiger partial charge in [-0.1, -0.05) is 30.3 Å². The molecule has 9 nitrogen and oxygen atoms in total. The quantitative estimate of drug-likeness (QED) is 0.512. The van der Waals surface area contributed by atoms with Gasteiger partial charge < -0.3 is 14.8 Å². The molecular formula is C20H20F3N3O6S. The van der Waals surface area contributed by atoms with Crippen LogP contribution < -0.4 is 11.1 Å². The highest BCUT2D eigenvalue weighted by Crippen LogP contribution is 2.24. The van der Waals surface area contributed by atoms with Crippen LogP contribution in [0.3, 0.4) is 0 Å². The number of nitrogens with zero attached hydrogens (tertiary/aromatic N) is 1. The summed E-state index contributed by atoms with van der Waals surface area (Å²) in [5, 5.41) is 10.4. The van der Waals surface area contributed by atoms with Crippen molar-refractivity contribution in [1.82, 2.24) is 14.6 Å². The summed E-state index contributed by atoms with van der Waals surface area (Å²) in [5.41, 5.74) is 1.81. The maximum Gasteiger partial charge on any atom is 0.490 e. The predicted octanol–water partition coefficient (Wildman–Crippen LogP) is 1.96. The van der Waals surface area contributed by atoms with E-state index in [0.717, 1.165) is 5.56 Å². The van der Waals surface area contributed by atoms with E-state index in [0.29, 0.717) is 31.6 Å². The average molecular weight is 487 g/mol. The Balaban J connectivity index is 0.000000383. The number of carboxylic acid groups (broad SMARTS) is 1. The number of sulfonamides is 1. The van der Waals surface area contributed by atoms with Gasteiger partial charge >= 0.3 is 17.9 Å². The topological polar surface area (TPSA) is 133 Å². The maximum absolute atomic E-state index is 13.2. The Bertz CT molecular complexity index is 1270. The summed E-state index contributed by atoms with van der Waals surface area (Å²) in [7, 11) is -3.70. The molecule has 3 aromatic rings. The van der Waals surface area contributed by atoms with Crippen molar-refractivity contribution >= 4 is 27.1 Å². The zero-order valence-corrected chi connectivity index (χ0v) is 17.8. The largest absolute Gasteiger partial charge is 0.490 e. The Hall–Kier alpha value is -3.16. The van der Waals surface area contributed by atoms with Gasteiger partial charge in [0.25, 0.3) is 0 Å². The van der Waals surface area contributed by atoms with E-state index < -0.39 is 27.9 Å². The second-order valence-corrected chi connectivity index (χ2v) is 9.03. The van der Waals surface area contributed by atoms with Crippen LogP contribution >= 0.6 is 0 Å². The molecule has 3 N–H and O–H groups in total. The van der Waals surface area contributed by atoms with Crippen LogP contribution in [0, 0.1) is 0 Å². The standard InChI is InChI=1S/C18H19N3O4S.C2HF3O2/c22-18-20-16-7-6-15(11-17(16)25-18)26(23,24)21-9-8-19-12-14(21)10-13-4-2-1-3-5-13;3-2(4,5)1(6)7/h1-7,11,14,19H,8-10,12H2,(H,20,22);(H,6,7). The van der Waals surface area contributed by atoms with Crippen LogP contribution in [-0.2, 0) is 21.2 Å². The summed E-state index contributed by atoms with van der Waals surface area (Å²) in [5.74, 6) is -3.36. The first-order valence-corrected chi connectivity index (χ1v) is 11.1. The third-order valence-electron chi connectivity index (χ3n) is 4.85. The molecular weight excluding hydrogens is 467 g/mol. The molecule has 13 heteroatoms. The van der Waals surface area contributed by atoms with E-state index in [2.05, 4.69) is 10.3 Å². The van der Waals surface area contributed by atoms with Gasteiger partial charge in [0.1, 0.15) is 0 Å². The van der Waals surface area contributed by atoms with Gasteiger partial charge in [0.2, 0.25) is 10.0 Å². The number of rotatable bonds is 4. The molecule has 1 saturated heterocycles. The summed E-state index contributed by atoms with van der Waals surface area (Å²) >= 11 is 0. The number of aromatic nitrogens is 1. The molecule has 4 rings (SSSR count). The van der Waals surface area contributed by atoms with Crippen LogP contribution in [0.5, 0.6) is 0 Å². The number of halogens is 3. The van der Waals surface area contributed by atoms with Crippen LogP contribution in [0.25, 0.3) is 11.1 Å². The fraction of sp³-hybridized carbons (Fsp3) is 0.300. The van der Waals surface area contributed by atoms with Crippen molar-refractivity contribution in [2.45, 2.75) is 23.5 Å². The number of H-pyrrole nitrogens is 1. The number of aliphatic carboxylic acids is 1. The Morgan fingerprint density at radius 2 is 1.85 bits per heavy atom. The van der Waals surface area contributed by atoms with Crippen molar-refractivity contribution in [3.8, 4) is 0 Å². The third-order valence-corrected chi connectivity index (χ3v) is 6.80. The number of fused-ring (bicyclic) bond motifs is 1. The number of hydrogen-bond acceptors (Lipinski definition) is 6. The molecule has 1 unspecified atom stereocenters. The van der Waals surface area contributed by atoms with E-state index in [-0.39, 0.29) is 16.5 Å². The molecule has 33 heavy (non-hydrogen) atoms. The lowest BCUT2D eigenvalue weighted by molar-refractivity contribution is -0.192. The van der Waals surface area contributed by atoms with Crippen molar-refractivity contribution in [3.05, 3.63) is 64.6 Å². The number of carbonyl (C=O) groups is 1. The van der Waals surface area contributed by atoms with E-state index >= 15 is 0 Å². The fourth-order valence-electron chi connectivity index (χ4n) is 3.34. The van der Waals surface area contributed by atoms with Crippen LogP contribution in [0.1, 0.15) is 5.56 Å². The summed E-state index contributed by atoms with van der Waals surface area (Å²) in [6, 6.07) is 14.1. The minimum absolute atomic E-state index is 0.132. The Labute approximate surface area is 185 Å². The van der Waals surface area contributed by atoms with Crippen LogP contribution in [0.15, 0.2) is 62.6 Å². The SMILES string of the molecule is O=C(O)C(F)(F)F.O=c1[nH]c2ccc(S(=O)(=O)N3CCNCC3Cc3ccccc3)cc2o1. The first-order chi connectivity index (χ1) is 15.5. The minimum atomic E-state index is -5.08. The lowest BCUT2D eigenvalue weighted by Crippen LogP contribution is -2.54. The van der Waals surface area contributed by atoms with Gasteiger partial charge in [0.15, 0.2) is 5.58 Å². The van der Waals surface area contributed by atoms with Crippen LogP contribution in [0.2, 0.25) is 0 Å². The van der Waals surface area contributed by atoms with E-state index in [1.165, 1.54) is 12.1 Å². The highest BCUT2D eigenvalue weighted by molar-refractivity contribution is 7.89. The fourth-order valence-corrected chi connectivity index (χ4v) is 4.98. The van der Waals surface area contributed by atoms with E-state index in [9.17, 15) is 26.4 Å². The van der Waals surface area contributed by atoms with E-state index in [1.807, 2.05) is 30.3 Å². The Kier molecular flexibility index (Phi) is 7.25. The highest BCUT2D eigenvalue weighted by Gasteiger charge is 2.38. The number of alkyl halides is 3. The number of aromatic amines is 1. The normalized spacial score (nSPS) is 17.4. The Morgan fingerprint density at radius 1 is 1.18 bits per heavy atom. The number of hydrogen-bond donors (Lipinski definition) is 3. The molecule has 0 radical (unpaired) electrons. The number of oxazole rings is 1. The zero-order valence-electron chi connectivity index (χ0n) is 17.0. The zero-order chi connectivity index (χ0) is 24.2. The van der Waals surface area contributed by atoms with Crippen molar-refractivity contribution in [2.75, 3.05) is 19.6 Å².